The van der Waals surface area contributed by atoms with Gasteiger partial charge in [-0.1, -0.05) is 6.92 Å². The molecule has 0 spiro atoms. The summed E-state index contributed by atoms with van der Waals surface area (Å²) in [6.45, 7) is 9.19. The van der Waals surface area contributed by atoms with Crippen molar-refractivity contribution in [2.75, 3.05) is 19.8 Å². The highest BCUT2D eigenvalue weighted by atomic mass is 16.6. The van der Waals surface area contributed by atoms with Crippen molar-refractivity contribution in [2.45, 2.75) is 52.7 Å². The second-order valence-corrected chi connectivity index (χ2v) is 3.42. The molecule has 4 nitrogen and oxygen atoms in total. The van der Waals surface area contributed by atoms with Gasteiger partial charge in [0, 0.05) is 19.6 Å². The highest BCUT2D eigenvalue weighted by Gasteiger charge is 2.24. The predicted octanol–water partition coefficient (Wildman–Crippen LogP) is 2.16. The normalized spacial score (nSPS) is 14.5. The lowest BCUT2D eigenvalue weighted by atomic mass is 10.1. The van der Waals surface area contributed by atoms with Crippen molar-refractivity contribution >= 4 is 5.97 Å². The molecule has 0 saturated carbocycles. The Morgan fingerprint density at radius 3 is 2.06 bits per heavy atom. The second kappa shape index (κ2) is 9.60. The van der Waals surface area contributed by atoms with E-state index in [4.69, 9.17) is 14.2 Å². The fraction of sp³-hybridized carbons (Fsp3) is 0.917. The van der Waals surface area contributed by atoms with Gasteiger partial charge in [0.25, 0.3) is 0 Å². The second-order valence-electron chi connectivity index (χ2n) is 3.42. The van der Waals surface area contributed by atoms with Crippen LogP contribution in [0.4, 0.5) is 0 Å². The third-order valence-electron chi connectivity index (χ3n) is 2.25. The van der Waals surface area contributed by atoms with Crippen LogP contribution in [-0.4, -0.2) is 38.0 Å². The Kier molecular flexibility index (Phi) is 9.24. The van der Waals surface area contributed by atoms with Crippen molar-refractivity contribution in [1.82, 2.24) is 0 Å². The van der Waals surface area contributed by atoms with Crippen molar-refractivity contribution < 1.29 is 19.0 Å². The monoisotopic (exact) mass is 232 g/mol. The maximum Gasteiger partial charge on any atom is 0.335 e. The molecule has 0 aromatic heterocycles. The molecule has 96 valence electrons. The van der Waals surface area contributed by atoms with Crippen molar-refractivity contribution in [2.24, 2.45) is 0 Å². The van der Waals surface area contributed by atoms with E-state index in [2.05, 4.69) is 0 Å². The molecule has 16 heavy (non-hydrogen) atoms. The van der Waals surface area contributed by atoms with Gasteiger partial charge in [0.1, 0.15) is 0 Å². The summed E-state index contributed by atoms with van der Waals surface area (Å²) in [5.41, 5.74) is 0. The van der Waals surface area contributed by atoms with E-state index in [9.17, 15) is 4.79 Å². The van der Waals surface area contributed by atoms with Crippen LogP contribution in [0.5, 0.6) is 0 Å². The summed E-state index contributed by atoms with van der Waals surface area (Å²) in [6, 6.07) is 0. The van der Waals surface area contributed by atoms with Gasteiger partial charge in [-0.3, -0.25) is 0 Å². The summed E-state index contributed by atoms with van der Waals surface area (Å²) < 4.78 is 15.8. The third kappa shape index (κ3) is 6.08. The first kappa shape index (κ1) is 15.4. The molecule has 4 heteroatoms. The lowest BCUT2D eigenvalue weighted by molar-refractivity contribution is -0.159. The SMILES string of the molecule is CCOC(=O)C(CC(CC)OCC)OCC. The first-order valence-corrected chi connectivity index (χ1v) is 6.09. The molecule has 0 fully saturated rings. The Hall–Kier alpha value is -0.610. The Morgan fingerprint density at radius 2 is 1.62 bits per heavy atom. The highest BCUT2D eigenvalue weighted by molar-refractivity contribution is 5.74. The van der Waals surface area contributed by atoms with Crippen molar-refractivity contribution in [3.63, 3.8) is 0 Å². The van der Waals surface area contributed by atoms with E-state index < -0.39 is 6.10 Å². The predicted molar refractivity (Wildman–Crippen MR) is 62.4 cm³/mol. The average Bonchev–Trinajstić information content (AvgIpc) is 2.27. The van der Waals surface area contributed by atoms with E-state index >= 15 is 0 Å². The van der Waals surface area contributed by atoms with Gasteiger partial charge in [-0.05, 0) is 27.2 Å². The smallest absolute Gasteiger partial charge is 0.335 e. The Balaban J connectivity index is 4.23. The fourth-order valence-electron chi connectivity index (χ4n) is 1.50. The van der Waals surface area contributed by atoms with Gasteiger partial charge < -0.3 is 14.2 Å². The number of esters is 1. The zero-order chi connectivity index (χ0) is 12.4. The number of carbonyl (C=O) groups is 1. The quantitative estimate of drug-likeness (QED) is 0.571. The molecular weight excluding hydrogens is 208 g/mol. The molecule has 0 aliphatic rings. The molecule has 0 N–H and O–H groups in total. The molecule has 0 amide bonds. The molecule has 0 heterocycles. The van der Waals surface area contributed by atoms with Gasteiger partial charge in [0.15, 0.2) is 6.10 Å². The topological polar surface area (TPSA) is 44.8 Å². The molecule has 0 aromatic carbocycles. The van der Waals surface area contributed by atoms with Crippen LogP contribution in [0, 0.1) is 0 Å². The minimum Gasteiger partial charge on any atom is -0.464 e. The Morgan fingerprint density at radius 1 is 1.00 bits per heavy atom. The number of hydrogen-bond donors (Lipinski definition) is 0. The summed E-state index contributed by atoms with van der Waals surface area (Å²) in [5.74, 6) is -0.289. The molecule has 0 bridgehead atoms. The van der Waals surface area contributed by atoms with E-state index in [0.717, 1.165) is 6.42 Å². The first-order valence-electron chi connectivity index (χ1n) is 6.09. The first-order chi connectivity index (χ1) is 7.69. The molecule has 0 aromatic rings. The zero-order valence-electron chi connectivity index (χ0n) is 10.8. The third-order valence-corrected chi connectivity index (χ3v) is 2.25. The van der Waals surface area contributed by atoms with Crippen LogP contribution in [0.25, 0.3) is 0 Å². The molecular formula is C12H24O4. The largest absolute Gasteiger partial charge is 0.464 e. The molecule has 0 rings (SSSR count). The minimum absolute atomic E-state index is 0.0611. The summed E-state index contributed by atoms with van der Waals surface area (Å²) in [5, 5.41) is 0. The molecule has 0 aliphatic heterocycles. The van der Waals surface area contributed by atoms with Crippen LogP contribution in [-0.2, 0) is 19.0 Å². The summed E-state index contributed by atoms with van der Waals surface area (Å²) in [7, 11) is 0. The van der Waals surface area contributed by atoms with Crippen molar-refractivity contribution in [3.05, 3.63) is 0 Å². The summed E-state index contributed by atoms with van der Waals surface area (Å²) in [4.78, 5) is 11.6. The van der Waals surface area contributed by atoms with E-state index in [1.165, 1.54) is 0 Å². The standard InChI is InChI=1S/C12H24O4/c1-5-10(14-6-2)9-11(15-7-3)12(13)16-8-4/h10-11H,5-9H2,1-4H3. The van der Waals surface area contributed by atoms with Crippen LogP contribution in [0.1, 0.15) is 40.5 Å². The van der Waals surface area contributed by atoms with Gasteiger partial charge in [-0.15, -0.1) is 0 Å². The number of hydrogen-bond acceptors (Lipinski definition) is 4. The fourth-order valence-corrected chi connectivity index (χ4v) is 1.50. The molecule has 2 atom stereocenters. The lowest BCUT2D eigenvalue weighted by Crippen LogP contribution is -2.31. The van der Waals surface area contributed by atoms with E-state index in [1.807, 2.05) is 20.8 Å². The van der Waals surface area contributed by atoms with Gasteiger partial charge in [-0.2, -0.15) is 0 Å². The van der Waals surface area contributed by atoms with Crippen molar-refractivity contribution in [1.29, 1.82) is 0 Å². The summed E-state index contributed by atoms with van der Waals surface area (Å²) >= 11 is 0. The lowest BCUT2D eigenvalue weighted by Gasteiger charge is -2.21. The maximum atomic E-state index is 11.6. The number of rotatable bonds is 9. The van der Waals surface area contributed by atoms with Crippen LogP contribution in [0.2, 0.25) is 0 Å². The molecule has 2 unspecified atom stereocenters. The minimum atomic E-state index is -0.499. The van der Waals surface area contributed by atoms with Crippen LogP contribution in [0.15, 0.2) is 0 Å². The highest BCUT2D eigenvalue weighted by Crippen LogP contribution is 2.11. The van der Waals surface area contributed by atoms with Crippen molar-refractivity contribution in [3.8, 4) is 0 Å². The van der Waals surface area contributed by atoms with Gasteiger partial charge in [0.05, 0.1) is 12.7 Å². The number of carbonyl (C=O) groups excluding carboxylic acids is 1. The Labute approximate surface area is 98.3 Å². The summed E-state index contributed by atoms with van der Waals surface area (Å²) in [6.07, 6.45) is 1.00. The van der Waals surface area contributed by atoms with Crippen LogP contribution in [0.3, 0.4) is 0 Å². The molecule has 0 saturated heterocycles. The van der Waals surface area contributed by atoms with E-state index in [-0.39, 0.29) is 12.1 Å². The average molecular weight is 232 g/mol. The van der Waals surface area contributed by atoms with Crippen LogP contribution >= 0.6 is 0 Å². The zero-order valence-corrected chi connectivity index (χ0v) is 10.8. The maximum absolute atomic E-state index is 11.6. The Bertz CT molecular complexity index is 182. The van der Waals surface area contributed by atoms with E-state index in [0.29, 0.717) is 26.2 Å². The molecule has 0 radical (unpaired) electrons. The van der Waals surface area contributed by atoms with Gasteiger partial charge in [-0.25, -0.2) is 4.79 Å². The molecule has 0 aliphatic carbocycles. The van der Waals surface area contributed by atoms with Gasteiger partial charge in [0.2, 0.25) is 0 Å². The van der Waals surface area contributed by atoms with Gasteiger partial charge >= 0.3 is 5.97 Å². The van der Waals surface area contributed by atoms with E-state index in [1.54, 1.807) is 6.92 Å². The van der Waals surface area contributed by atoms with Crippen LogP contribution < -0.4 is 0 Å². The number of ether oxygens (including phenoxy) is 3.